The fraction of sp³-hybridized carbons (Fsp3) is 0. The first kappa shape index (κ1) is 18.5. The van der Waals surface area contributed by atoms with Crippen LogP contribution >= 0.6 is 0 Å². The molecule has 0 saturated carbocycles. The van der Waals surface area contributed by atoms with Crippen LogP contribution in [0.3, 0.4) is 0 Å². The van der Waals surface area contributed by atoms with Crippen molar-refractivity contribution < 1.29 is 0 Å². The van der Waals surface area contributed by atoms with E-state index < -0.39 is 0 Å². The Bertz CT molecular complexity index is 1070. The molecule has 140 valence electrons. The van der Waals surface area contributed by atoms with Crippen molar-refractivity contribution in [2.45, 2.75) is 0 Å². The first-order valence-electron chi connectivity index (χ1n) is 9.61. The van der Waals surface area contributed by atoms with Crippen LogP contribution in [0.1, 0.15) is 27.8 Å². The largest absolute Gasteiger partial charge is 0.323 e. The van der Waals surface area contributed by atoms with Crippen LogP contribution in [0.25, 0.3) is 11.1 Å². The zero-order valence-corrected chi connectivity index (χ0v) is 16.1. The van der Waals surface area contributed by atoms with E-state index in [-0.39, 0.29) is 0 Å². The van der Waals surface area contributed by atoms with Crippen LogP contribution in [0.4, 0.5) is 0 Å². The highest BCUT2D eigenvalue weighted by Gasteiger charge is 2.15. The summed E-state index contributed by atoms with van der Waals surface area (Å²) in [6.45, 7) is 0. The molecule has 0 aliphatic rings. The van der Waals surface area contributed by atoms with E-state index in [1.54, 1.807) is 6.21 Å². The Balaban J connectivity index is 2.03. The predicted octanol–water partition coefficient (Wildman–Crippen LogP) is 5.99. The van der Waals surface area contributed by atoms with E-state index >= 15 is 0 Å². The lowest BCUT2D eigenvalue weighted by molar-refractivity contribution is 1.26. The average Bonchev–Trinajstić information content (AvgIpc) is 2.80. The molecular weight excluding hydrogens is 352 g/mol. The molecule has 0 aliphatic carbocycles. The molecule has 2 nitrogen and oxygen atoms in total. The summed E-state index contributed by atoms with van der Waals surface area (Å²) < 4.78 is 0. The third-order valence-corrected chi connectivity index (χ3v) is 4.86. The SMILES string of the molecule is NN=Cc1ccc(C(=C(c2ccccc2)c2ccccc2)c2ccccc2)cc1. The average molecular weight is 374 g/mol. The van der Waals surface area contributed by atoms with Crippen LogP contribution in [0.5, 0.6) is 0 Å². The summed E-state index contributed by atoms with van der Waals surface area (Å²) in [4.78, 5) is 0. The van der Waals surface area contributed by atoms with Gasteiger partial charge < -0.3 is 5.84 Å². The fourth-order valence-electron chi connectivity index (χ4n) is 3.55. The van der Waals surface area contributed by atoms with E-state index in [2.05, 4.69) is 102 Å². The van der Waals surface area contributed by atoms with Crippen molar-refractivity contribution in [1.82, 2.24) is 0 Å². The molecule has 0 radical (unpaired) electrons. The molecule has 2 N–H and O–H groups in total. The molecule has 0 bridgehead atoms. The molecule has 29 heavy (non-hydrogen) atoms. The molecule has 0 fully saturated rings. The number of hydrogen-bond acceptors (Lipinski definition) is 2. The lowest BCUT2D eigenvalue weighted by Crippen LogP contribution is -1.98. The first-order chi connectivity index (χ1) is 14.4. The smallest absolute Gasteiger partial charge is 0.0538 e. The van der Waals surface area contributed by atoms with Gasteiger partial charge in [-0.15, -0.1) is 0 Å². The van der Waals surface area contributed by atoms with E-state index in [0.29, 0.717) is 0 Å². The summed E-state index contributed by atoms with van der Waals surface area (Å²) >= 11 is 0. The van der Waals surface area contributed by atoms with E-state index in [1.807, 2.05) is 18.2 Å². The van der Waals surface area contributed by atoms with Gasteiger partial charge in [-0.1, -0.05) is 115 Å². The monoisotopic (exact) mass is 374 g/mol. The zero-order valence-electron chi connectivity index (χ0n) is 16.1. The van der Waals surface area contributed by atoms with E-state index in [1.165, 1.54) is 27.8 Å². The summed E-state index contributed by atoms with van der Waals surface area (Å²) in [5.41, 5.74) is 8.07. The van der Waals surface area contributed by atoms with Crippen molar-refractivity contribution in [1.29, 1.82) is 0 Å². The van der Waals surface area contributed by atoms with Gasteiger partial charge in [0.1, 0.15) is 0 Å². The van der Waals surface area contributed by atoms with Crippen molar-refractivity contribution in [3.8, 4) is 0 Å². The van der Waals surface area contributed by atoms with Crippen molar-refractivity contribution >= 4 is 17.4 Å². The Hall–Kier alpha value is -3.91. The molecule has 0 amide bonds. The molecular formula is C27H22N2. The van der Waals surface area contributed by atoms with Gasteiger partial charge >= 0.3 is 0 Å². The van der Waals surface area contributed by atoms with Crippen LogP contribution in [-0.4, -0.2) is 6.21 Å². The van der Waals surface area contributed by atoms with Gasteiger partial charge in [0.25, 0.3) is 0 Å². The highest BCUT2D eigenvalue weighted by Crippen LogP contribution is 2.36. The number of benzene rings is 4. The van der Waals surface area contributed by atoms with E-state index in [9.17, 15) is 0 Å². The molecule has 0 spiro atoms. The normalized spacial score (nSPS) is 10.8. The molecule has 0 atom stereocenters. The maximum atomic E-state index is 5.31. The highest BCUT2D eigenvalue weighted by molar-refractivity contribution is 6.04. The Morgan fingerprint density at radius 2 is 0.828 bits per heavy atom. The third kappa shape index (κ3) is 4.17. The van der Waals surface area contributed by atoms with E-state index in [0.717, 1.165) is 11.1 Å². The minimum Gasteiger partial charge on any atom is -0.323 e. The molecule has 0 aliphatic heterocycles. The van der Waals surface area contributed by atoms with Gasteiger partial charge in [0.05, 0.1) is 6.21 Å². The van der Waals surface area contributed by atoms with Gasteiger partial charge in [-0.05, 0) is 39.0 Å². The summed E-state index contributed by atoms with van der Waals surface area (Å²) in [5.74, 6) is 5.31. The standard InChI is InChI=1S/C27H22N2/c28-29-20-21-16-18-25(19-17-21)27(24-14-8-3-9-15-24)26(22-10-4-1-5-11-22)23-12-6-2-7-13-23/h1-20H,28H2. The zero-order chi connectivity index (χ0) is 19.9. The molecule has 4 rings (SSSR count). The molecule has 2 heteroatoms. The van der Waals surface area contributed by atoms with Gasteiger partial charge in [0.2, 0.25) is 0 Å². The van der Waals surface area contributed by atoms with Crippen LogP contribution in [0.2, 0.25) is 0 Å². The summed E-state index contributed by atoms with van der Waals surface area (Å²) in [6.07, 6.45) is 1.66. The lowest BCUT2D eigenvalue weighted by atomic mass is 9.85. The van der Waals surface area contributed by atoms with Crippen molar-refractivity contribution in [2.75, 3.05) is 0 Å². The molecule has 0 heterocycles. The Kier molecular flexibility index (Phi) is 5.63. The van der Waals surface area contributed by atoms with Crippen LogP contribution < -0.4 is 5.84 Å². The fourth-order valence-corrected chi connectivity index (χ4v) is 3.55. The quantitative estimate of drug-likeness (QED) is 0.198. The maximum Gasteiger partial charge on any atom is 0.0538 e. The Morgan fingerprint density at radius 3 is 1.17 bits per heavy atom. The number of nitrogens with zero attached hydrogens (tertiary/aromatic N) is 1. The predicted molar refractivity (Wildman–Crippen MR) is 123 cm³/mol. The van der Waals surface area contributed by atoms with E-state index in [4.69, 9.17) is 5.84 Å². The van der Waals surface area contributed by atoms with Crippen molar-refractivity contribution in [2.24, 2.45) is 10.9 Å². The highest BCUT2D eigenvalue weighted by atomic mass is 15.1. The molecule has 4 aromatic carbocycles. The second kappa shape index (κ2) is 8.85. The Labute approximate surface area is 171 Å². The van der Waals surface area contributed by atoms with Crippen molar-refractivity contribution in [3.05, 3.63) is 143 Å². The topological polar surface area (TPSA) is 38.4 Å². The summed E-state index contributed by atoms with van der Waals surface area (Å²) in [6, 6.07) is 40.0. The van der Waals surface area contributed by atoms with Gasteiger partial charge in [-0.25, -0.2) is 0 Å². The molecule has 0 unspecified atom stereocenters. The van der Waals surface area contributed by atoms with Crippen molar-refractivity contribution in [3.63, 3.8) is 0 Å². The van der Waals surface area contributed by atoms with Crippen LogP contribution in [0, 0.1) is 0 Å². The number of hydrogen-bond donors (Lipinski definition) is 1. The second-order valence-electron chi connectivity index (χ2n) is 6.75. The van der Waals surface area contributed by atoms with Gasteiger partial charge in [0, 0.05) is 0 Å². The minimum atomic E-state index is 0.977. The number of rotatable bonds is 5. The van der Waals surface area contributed by atoms with Gasteiger partial charge in [-0.3, -0.25) is 0 Å². The van der Waals surface area contributed by atoms with Crippen LogP contribution in [0.15, 0.2) is 120 Å². The lowest BCUT2D eigenvalue weighted by Gasteiger charge is -2.18. The van der Waals surface area contributed by atoms with Gasteiger partial charge in [0.15, 0.2) is 0 Å². The first-order valence-corrected chi connectivity index (χ1v) is 9.61. The molecule has 4 aromatic rings. The molecule has 0 aromatic heterocycles. The maximum absolute atomic E-state index is 5.31. The molecule has 0 saturated heterocycles. The minimum absolute atomic E-state index is 0.977. The number of hydrazone groups is 1. The second-order valence-corrected chi connectivity index (χ2v) is 6.75. The summed E-state index contributed by atoms with van der Waals surface area (Å²) in [7, 11) is 0. The van der Waals surface area contributed by atoms with Gasteiger partial charge in [-0.2, -0.15) is 5.10 Å². The van der Waals surface area contributed by atoms with Crippen LogP contribution in [-0.2, 0) is 0 Å². The number of nitrogens with two attached hydrogens (primary N) is 1. The summed E-state index contributed by atoms with van der Waals surface area (Å²) in [5, 5.41) is 3.63. The Morgan fingerprint density at radius 1 is 0.483 bits per heavy atom. The third-order valence-electron chi connectivity index (χ3n) is 4.86.